The molecule has 2 N–H and O–H groups in total. The lowest BCUT2D eigenvalue weighted by Gasteiger charge is -2.11. The summed E-state index contributed by atoms with van der Waals surface area (Å²) in [4.78, 5) is 10.6. The van der Waals surface area contributed by atoms with Gasteiger partial charge in [0.15, 0.2) is 5.25 Å². The van der Waals surface area contributed by atoms with Crippen molar-refractivity contribution in [2.24, 2.45) is 0 Å². The fraction of sp³-hybridized carbons (Fsp3) is 0.200. The first-order valence-electron chi connectivity index (χ1n) is 4.72. The number of hydrogen-bond acceptors (Lipinski definition) is 4. The summed E-state index contributed by atoms with van der Waals surface area (Å²) < 4.78 is 25.3. The Hall–Kier alpha value is -1.78. The number of carbonyl (C=O) groups is 1. The van der Waals surface area contributed by atoms with Gasteiger partial charge in [-0.15, -0.1) is 0 Å². The van der Waals surface area contributed by atoms with Crippen molar-refractivity contribution in [2.75, 3.05) is 4.72 Å². The van der Waals surface area contributed by atoms with Crippen LogP contribution >= 0.6 is 11.6 Å². The van der Waals surface area contributed by atoms with Crippen LogP contribution in [0.1, 0.15) is 12.5 Å². The number of anilines is 1. The smallest absolute Gasteiger partial charge is 0.323 e. The molecule has 0 saturated carbocycles. The number of nitrogens with zero attached hydrogens (tertiary/aromatic N) is 1. The Morgan fingerprint density at radius 3 is 2.61 bits per heavy atom. The van der Waals surface area contributed by atoms with Crippen molar-refractivity contribution in [2.45, 2.75) is 12.2 Å². The van der Waals surface area contributed by atoms with Crippen LogP contribution in [0.25, 0.3) is 0 Å². The highest BCUT2D eigenvalue weighted by Gasteiger charge is 2.27. The van der Waals surface area contributed by atoms with Gasteiger partial charge in [0.25, 0.3) is 0 Å². The largest absolute Gasteiger partial charge is 0.480 e. The van der Waals surface area contributed by atoms with Gasteiger partial charge in [0.05, 0.1) is 16.3 Å². The quantitative estimate of drug-likeness (QED) is 0.871. The van der Waals surface area contributed by atoms with Gasteiger partial charge >= 0.3 is 5.97 Å². The topological polar surface area (TPSA) is 107 Å². The molecule has 1 unspecified atom stereocenters. The molecule has 0 fully saturated rings. The van der Waals surface area contributed by atoms with E-state index in [0.717, 1.165) is 6.92 Å². The second-order valence-corrected chi connectivity index (χ2v) is 5.84. The van der Waals surface area contributed by atoms with Crippen molar-refractivity contribution >= 4 is 33.3 Å². The lowest BCUT2D eigenvalue weighted by molar-refractivity contribution is -0.136. The highest BCUT2D eigenvalue weighted by molar-refractivity contribution is 7.94. The second kappa shape index (κ2) is 5.25. The lowest BCUT2D eigenvalue weighted by atomic mass is 10.2. The highest BCUT2D eigenvalue weighted by Crippen LogP contribution is 2.21. The maximum atomic E-state index is 11.6. The second-order valence-electron chi connectivity index (χ2n) is 3.43. The number of rotatable bonds is 4. The summed E-state index contributed by atoms with van der Waals surface area (Å²) in [6.45, 7) is 1.05. The predicted molar refractivity (Wildman–Crippen MR) is 65.8 cm³/mol. The van der Waals surface area contributed by atoms with E-state index in [1.807, 2.05) is 6.07 Å². The van der Waals surface area contributed by atoms with Crippen LogP contribution < -0.4 is 4.72 Å². The standard InChI is InChI=1S/C10H9ClN2O4S/c1-6(10(14)15)18(16,17)13-8-3-2-7(5-12)9(11)4-8/h2-4,6,13H,1H3,(H,14,15). The number of nitrogens with one attached hydrogen (secondary N) is 1. The van der Waals surface area contributed by atoms with E-state index in [1.165, 1.54) is 18.2 Å². The minimum Gasteiger partial charge on any atom is -0.480 e. The van der Waals surface area contributed by atoms with Gasteiger partial charge in [-0.05, 0) is 25.1 Å². The monoisotopic (exact) mass is 288 g/mol. The number of nitriles is 1. The fourth-order valence-electron chi connectivity index (χ4n) is 1.05. The Morgan fingerprint density at radius 2 is 2.17 bits per heavy atom. The van der Waals surface area contributed by atoms with E-state index in [1.54, 1.807) is 0 Å². The lowest BCUT2D eigenvalue weighted by Crippen LogP contribution is -2.32. The van der Waals surface area contributed by atoms with Crippen LogP contribution in [-0.2, 0) is 14.8 Å². The molecule has 1 atom stereocenters. The summed E-state index contributed by atoms with van der Waals surface area (Å²) in [5.74, 6) is -1.46. The Morgan fingerprint density at radius 1 is 1.56 bits per heavy atom. The number of halogens is 1. The first-order valence-corrected chi connectivity index (χ1v) is 6.64. The third kappa shape index (κ3) is 3.12. The van der Waals surface area contributed by atoms with Gasteiger partial charge < -0.3 is 5.11 Å². The van der Waals surface area contributed by atoms with Crippen molar-refractivity contribution in [3.05, 3.63) is 28.8 Å². The van der Waals surface area contributed by atoms with Crippen molar-refractivity contribution in [1.82, 2.24) is 0 Å². The molecule has 0 aliphatic rings. The van der Waals surface area contributed by atoms with E-state index < -0.39 is 21.2 Å². The molecule has 96 valence electrons. The summed E-state index contributed by atoms with van der Waals surface area (Å²) in [5, 5.41) is 15.8. The molecule has 1 rings (SSSR count). The van der Waals surface area contributed by atoms with Crippen LogP contribution in [0.5, 0.6) is 0 Å². The SMILES string of the molecule is CC(C(=O)O)S(=O)(=O)Nc1ccc(C#N)c(Cl)c1. The van der Waals surface area contributed by atoms with Crippen molar-refractivity contribution in [1.29, 1.82) is 5.26 Å². The van der Waals surface area contributed by atoms with Crippen LogP contribution in [0, 0.1) is 11.3 Å². The Balaban J connectivity index is 3.03. The minimum atomic E-state index is -4.04. The van der Waals surface area contributed by atoms with Crippen LogP contribution in [0.4, 0.5) is 5.69 Å². The van der Waals surface area contributed by atoms with Crippen LogP contribution in [-0.4, -0.2) is 24.7 Å². The molecule has 0 saturated heterocycles. The van der Waals surface area contributed by atoms with E-state index in [4.69, 9.17) is 22.0 Å². The number of aliphatic carboxylic acids is 1. The van der Waals surface area contributed by atoms with Gasteiger partial charge in [0.1, 0.15) is 6.07 Å². The zero-order chi connectivity index (χ0) is 13.9. The summed E-state index contributed by atoms with van der Waals surface area (Å²) in [7, 11) is -4.04. The molecule has 0 heterocycles. The fourth-order valence-corrected chi connectivity index (χ4v) is 2.18. The molecular weight excluding hydrogens is 280 g/mol. The molecule has 0 radical (unpaired) electrons. The Bertz CT molecular complexity index is 621. The van der Waals surface area contributed by atoms with Crippen LogP contribution in [0.3, 0.4) is 0 Å². The van der Waals surface area contributed by atoms with E-state index in [-0.39, 0.29) is 16.3 Å². The van der Waals surface area contributed by atoms with Crippen molar-refractivity contribution < 1.29 is 18.3 Å². The predicted octanol–water partition coefficient (Wildman–Crippen LogP) is 1.43. The van der Waals surface area contributed by atoms with E-state index in [2.05, 4.69) is 4.72 Å². The number of carboxylic acids is 1. The molecule has 8 heteroatoms. The average Bonchev–Trinajstić information content (AvgIpc) is 2.27. The zero-order valence-corrected chi connectivity index (χ0v) is 10.8. The van der Waals surface area contributed by atoms with Crippen LogP contribution in [0.15, 0.2) is 18.2 Å². The molecule has 0 aliphatic carbocycles. The number of benzene rings is 1. The molecule has 0 bridgehead atoms. The number of hydrogen-bond donors (Lipinski definition) is 2. The normalized spacial score (nSPS) is 12.5. The van der Waals surface area contributed by atoms with Crippen molar-refractivity contribution in [3.63, 3.8) is 0 Å². The Kier molecular flexibility index (Phi) is 4.16. The summed E-state index contributed by atoms with van der Waals surface area (Å²) >= 11 is 5.73. The Labute approximate surface area is 109 Å². The third-order valence-electron chi connectivity index (χ3n) is 2.16. The molecule has 0 amide bonds. The highest BCUT2D eigenvalue weighted by atomic mass is 35.5. The first kappa shape index (κ1) is 14.3. The molecule has 1 aromatic rings. The van der Waals surface area contributed by atoms with Crippen molar-refractivity contribution in [3.8, 4) is 6.07 Å². The van der Waals surface area contributed by atoms with E-state index in [0.29, 0.717) is 0 Å². The van der Waals surface area contributed by atoms with Gasteiger partial charge in [0.2, 0.25) is 10.0 Å². The number of sulfonamides is 1. The molecule has 1 aromatic carbocycles. The third-order valence-corrected chi connectivity index (χ3v) is 4.13. The first-order chi connectivity index (χ1) is 8.27. The van der Waals surface area contributed by atoms with Gasteiger partial charge in [-0.3, -0.25) is 9.52 Å². The molecule has 0 spiro atoms. The van der Waals surface area contributed by atoms with E-state index >= 15 is 0 Å². The maximum Gasteiger partial charge on any atom is 0.323 e. The summed E-state index contributed by atoms with van der Waals surface area (Å²) in [6, 6.07) is 5.73. The number of carboxylic acid groups (broad SMARTS) is 1. The minimum absolute atomic E-state index is 0.0840. The maximum absolute atomic E-state index is 11.6. The molecule has 0 aliphatic heterocycles. The molecule has 18 heavy (non-hydrogen) atoms. The van der Waals surface area contributed by atoms with Gasteiger partial charge in [0, 0.05) is 0 Å². The molecule has 6 nitrogen and oxygen atoms in total. The van der Waals surface area contributed by atoms with Gasteiger partial charge in [-0.1, -0.05) is 11.6 Å². The van der Waals surface area contributed by atoms with Gasteiger partial charge in [-0.25, -0.2) is 8.42 Å². The zero-order valence-electron chi connectivity index (χ0n) is 9.21. The van der Waals surface area contributed by atoms with Gasteiger partial charge in [-0.2, -0.15) is 5.26 Å². The average molecular weight is 289 g/mol. The summed E-state index contributed by atoms with van der Waals surface area (Å²) in [6.07, 6.45) is 0. The summed E-state index contributed by atoms with van der Waals surface area (Å²) in [5.41, 5.74) is 0.304. The van der Waals surface area contributed by atoms with E-state index in [9.17, 15) is 13.2 Å². The molecule has 0 aromatic heterocycles. The van der Waals surface area contributed by atoms with Crippen LogP contribution in [0.2, 0.25) is 5.02 Å². The molecular formula is C10H9ClN2O4S.